The molecule has 1 aliphatic rings. The minimum absolute atomic E-state index is 0.188. The maximum atomic E-state index is 11.5. The molecule has 0 radical (unpaired) electrons. The highest BCUT2D eigenvalue weighted by atomic mass is 35.5. The van der Waals surface area contributed by atoms with E-state index in [1.165, 1.54) is 0 Å². The molecule has 0 saturated carbocycles. The summed E-state index contributed by atoms with van der Waals surface area (Å²) in [5.74, 6) is 0.766. The van der Waals surface area contributed by atoms with Gasteiger partial charge in [-0.15, -0.1) is 0 Å². The van der Waals surface area contributed by atoms with Crippen LogP contribution in [0.1, 0.15) is 24.3 Å². The quantitative estimate of drug-likeness (QED) is 0.867. The van der Waals surface area contributed by atoms with Crippen molar-refractivity contribution in [3.63, 3.8) is 0 Å². The summed E-state index contributed by atoms with van der Waals surface area (Å²) in [6.07, 6.45) is 2.96. The summed E-state index contributed by atoms with van der Waals surface area (Å²) >= 11 is 12.1. The van der Waals surface area contributed by atoms with Crippen molar-refractivity contribution in [2.24, 2.45) is 5.92 Å². The van der Waals surface area contributed by atoms with E-state index in [9.17, 15) is 4.79 Å². The van der Waals surface area contributed by atoms with Gasteiger partial charge in [0.05, 0.1) is 17.2 Å². The standard InChI is InChI=1S/C14H17Cl2NO2/c1-19-14-7-13(16)12(15)6-10(14)11(8-18)9-2-4-17-5-3-9/h6-9,11,17H,2-5H2,1H3. The van der Waals surface area contributed by atoms with E-state index in [1.807, 2.05) is 0 Å². The molecule has 1 N–H and O–H groups in total. The Kier molecular flexibility index (Phi) is 5.08. The molecule has 1 aromatic rings. The molecule has 1 unspecified atom stereocenters. The Morgan fingerprint density at radius 1 is 1.32 bits per heavy atom. The molecule has 1 aromatic carbocycles. The molecule has 3 nitrogen and oxygen atoms in total. The fourth-order valence-electron chi connectivity index (χ4n) is 2.62. The first-order chi connectivity index (χ1) is 9.17. The number of halogens is 2. The minimum atomic E-state index is -0.188. The van der Waals surface area contributed by atoms with Gasteiger partial charge in [-0.05, 0) is 37.9 Å². The Hall–Kier alpha value is -0.770. The molecule has 19 heavy (non-hydrogen) atoms. The zero-order valence-electron chi connectivity index (χ0n) is 10.8. The topological polar surface area (TPSA) is 38.3 Å². The van der Waals surface area contributed by atoms with Gasteiger partial charge in [-0.2, -0.15) is 0 Å². The molecule has 0 bridgehead atoms. The van der Waals surface area contributed by atoms with Gasteiger partial charge < -0.3 is 14.8 Å². The van der Waals surface area contributed by atoms with Crippen LogP contribution in [0.25, 0.3) is 0 Å². The summed E-state index contributed by atoms with van der Waals surface area (Å²) in [7, 11) is 1.58. The van der Waals surface area contributed by atoms with Gasteiger partial charge >= 0.3 is 0 Å². The van der Waals surface area contributed by atoms with Crippen molar-refractivity contribution >= 4 is 29.5 Å². The van der Waals surface area contributed by atoms with Gasteiger partial charge in [0, 0.05) is 17.5 Å². The zero-order valence-corrected chi connectivity index (χ0v) is 12.3. The SMILES string of the molecule is COc1cc(Cl)c(Cl)cc1C(C=O)C1CCNCC1. The van der Waals surface area contributed by atoms with Crippen LogP contribution in [0.2, 0.25) is 10.0 Å². The number of aldehydes is 1. The van der Waals surface area contributed by atoms with Crippen LogP contribution in [-0.2, 0) is 4.79 Å². The van der Waals surface area contributed by atoms with Gasteiger partial charge in [-0.25, -0.2) is 0 Å². The van der Waals surface area contributed by atoms with Gasteiger partial charge in [-0.3, -0.25) is 0 Å². The summed E-state index contributed by atoms with van der Waals surface area (Å²) in [5.41, 5.74) is 0.832. The maximum Gasteiger partial charge on any atom is 0.127 e. The number of rotatable bonds is 4. The fraction of sp³-hybridized carbons (Fsp3) is 0.500. The lowest BCUT2D eigenvalue weighted by molar-refractivity contribution is -0.110. The van der Waals surface area contributed by atoms with Crippen molar-refractivity contribution in [1.29, 1.82) is 0 Å². The van der Waals surface area contributed by atoms with Crippen molar-refractivity contribution in [1.82, 2.24) is 5.32 Å². The first-order valence-corrected chi connectivity index (χ1v) is 7.12. The molecule has 0 amide bonds. The van der Waals surface area contributed by atoms with Crippen LogP contribution < -0.4 is 10.1 Å². The third kappa shape index (κ3) is 3.22. The number of nitrogens with one attached hydrogen (secondary N) is 1. The molecular weight excluding hydrogens is 285 g/mol. The molecule has 5 heteroatoms. The third-order valence-electron chi connectivity index (χ3n) is 3.67. The van der Waals surface area contributed by atoms with Crippen LogP contribution in [0.5, 0.6) is 5.75 Å². The Morgan fingerprint density at radius 3 is 2.53 bits per heavy atom. The van der Waals surface area contributed by atoms with E-state index in [4.69, 9.17) is 27.9 Å². The van der Waals surface area contributed by atoms with E-state index >= 15 is 0 Å². The molecule has 1 atom stereocenters. The van der Waals surface area contributed by atoms with Crippen molar-refractivity contribution in [2.45, 2.75) is 18.8 Å². The fourth-order valence-corrected chi connectivity index (χ4v) is 2.95. The number of hydrogen-bond acceptors (Lipinski definition) is 3. The smallest absolute Gasteiger partial charge is 0.127 e. The molecule has 1 saturated heterocycles. The molecule has 1 fully saturated rings. The van der Waals surface area contributed by atoms with Crippen LogP contribution in [0.4, 0.5) is 0 Å². The summed E-state index contributed by atoms with van der Waals surface area (Å²) < 4.78 is 5.34. The summed E-state index contributed by atoms with van der Waals surface area (Å²) in [6.45, 7) is 1.89. The van der Waals surface area contributed by atoms with Crippen LogP contribution >= 0.6 is 23.2 Å². The second-order valence-electron chi connectivity index (χ2n) is 4.76. The lowest BCUT2D eigenvalue weighted by Gasteiger charge is -2.28. The molecule has 2 rings (SSSR count). The van der Waals surface area contributed by atoms with E-state index in [0.717, 1.165) is 37.8 Å². The van der Waals surface area contributed by atoms with E-state index in [1.54, 1.807) is 19.2 Å². The van der Waals surface area contributed by atoms with Gasteiger partial charge in [0.1, 0.15) is 12.0 Å². The van der Waals surface area contributed by atoms with E-state index in [0.29, 0.717) is 21.7 Å². The predicted molar refractivity (Wildman–Crippen MR) is 77.4 cm³/mol. The van der Waals surface area contributed by atoms with Crippen molar-refractivity contribution in [2.75, 3.05) is 20.2 Å². The molecule has 104 valence electrons. The largest absolute Gasteiger partial charge is 0.496 e. The summed E-state index contributed by atoms with van der Waals surface area (Å²) in [4.78, 5) is 11.5. The number of carbonyl (C=O) groups is 1. The lowest BCUT2D eigenvalue weighted by atomic mass is 9.81. The lowest BCUT2D eigenvalue weighted by Crippen LogP contribution is -2.31. The third-order valence-corrected chi connectivity index (χ3v) is 4.39. The highest BCUT2D eigenvalue weighted by Gasteiger charge is 2.27. The number of carbonyl (C=O) groups excluding carboxylic acids is 1. The molecular formula is C14H17Cl2NO2. The molecule has 1 heterocycles. The second-order valence-corrected chi connectivity index (χ2v) is 5.57. The van der Waals surface area contributed by atoms with Crippen molar-refractivity contribution in [3.8, 4) is 5.75 Å². The van der Waals surface area contributed by atoms with Gasteiger partial charge in [0.25, 0.3) is 0 Å². The average Bonchev–Trinajstić information content (AvgIpc) is 2.44. The van der Waals surface area contributed by atoms with Gasteiger partial charge in [-0.1, -0.05) is 23.2 Å². The molecule has 1 aliphatic heterocycles. The van der Waals surface area contributed by atoms with E-state index in [2.05, 4.69) is 5.32 Å². The first kappa shape index (κ1) is 14.6. The monoisotopic (exact) mass is 301 g/mol. The number of benzene rings is 1. The summed E-state index contributed by atoms with van der Waals surface area (Å²) in [6, 6.07) is 3.43. The van der Waals surface area contributed by atoms with E-state index < -0.39 is 0 Å². The van der Waals surface area contributed by atoms with Crippen LogP contribution in [0, 0.1) is 5.92 Å². The Morgan fingerprint density at radius 2 is 1.95 bits per heavy atom. The number of ether oxygens (including phenoxy) is 1. The van der Waals surface area contributed by atoms with Crippen LogP contribution in [-0.4, -0.2) is 26.5 Å². The maximum absolute atomic E-state index is 11.5. The van der Waals surface area contributed by atoms with Crippen LogP contribution in [0.15, 0.2) is 12.1 Å². The first-order valence-electron chi connectivity index (χ1n) is 6.36. The number of methoxy groups -OCH3 is 1. The average molecular weight is 302 g/mol. The zero-order chi connectivity index (χ0) is 13.8. The Bertz CT molecular complexity index is 459. The normalized spacial score (nSPS) is 18.1. The number of piperidine rings is 1. The number of hydrogen-bond donors (Lipinski definition) is 1. The van der Waals surface area contributed by atoms with Gasteiger partial charge in [0.15, 0.2) is 0 Å². The molecule has 0 aliphatic carbocycles. The predicted octanol–water partition coefficient (Wildman–Crippen LogP) is 3.28. The van der Waals surface area contributed by atoms with Gasteiger partial charge in [0.2, 0.25) is 0 Å². The summed E-state index contributed by atoms with van der Waals surface area (Å²) in [5, 5.41) is 4.20. The second kappa shape index (κ2) is 6.60. The Labute approximate surface area is 123 Å². The molecule has 0 spiro atoms. The van der Waals surface area contributed by atoms with Crippen LogP contribution in [0.3, 0.4) is 0 Å². The highest BCUT2D eigenvalue weighted by molar-refractivity contribution is 6.42. The Balaban J connectivity index is 2.36. The highest BCUT2D eigenvalue weighted by Crippen LogP contribution is 2.39. The molecule has 0 aromatic heterocycles. The minimum Gasteiger partial charge on any atom is -0.496 e. The van der Waals surface area contributed by atoms with Crippen molar-refractivity contribution < 1.29 is 9.53 Å². The van der Waals surface area contributed by atoms with Crippen molar-refractivity contribution in [3.05, 3.63) is 27.7 Å². The van der Waals surface area contributed by atoms with E-state index in [-0.39, 0.29) is 5.92 Å².